The maximum absolute atomic E-state index is 13.0. The topological polar surface area (TPSA) is 37.4 Å². The van der Waals surface area contributed by atoms with Crippen LogP contribution in [0.25, 0.3) is 0 Å². The molecule has 3 aliphatic rings. The van der Waals surface area contributed by atoms with Gasteiger partial charge in [-0.2, -0.15) is 4.31 Å². The van der Waals surface area contributed by atoms with Crippen molar-refractivity contribution in [2.24, 2.45) is 0 Å². The molecule has 2 bridgehead atoms. The van der Waals surface area contributed by atoms with E-state index in [2.05, 4.69) is 15.9 Å². The van der Waals surface area contributed by atoms with E-state index in [4.69, 9.17) is 0 Å². The number of allylic oxidation sites excluding steroid dienone is 1. The molecule has 0 amide bonds. The van der Waals surface area contributed by atoms with Gasteiger partial charge in [0.15, 0.2) is 0 Å². The zero-order valence-corrected chi connectivity index (χ0v) is 14.2. The van der Waals surface area contributed by atoms with Crippen molar-refractivity contribution < 1.29 is 8.42 Å². The molecule has 0 spiro atoms. The van der Waals surface area contributed by atoms with E-state index >= 15 is 0 Å². The van der Waals surface area contributed by atoms with E-state index in [1.54, 1.807) is 33.7 Å². The van der Waals surface area contributed by atoms with Crippen molar-refractivity contribution in [1.29, 1.82) is 0 Å². The highest BCUT2D eigenvalue weighted by molar-refractivity contribution is 9.10. The Bertz CT molecular complexity index is 704. The average molecular weight is 368 g/mol. The van der Waals surface area contributed by atoms with Gasteiger partial charge in [0.05, 0.1) is 4.90 Å². The lowest BCUT2D eigenvalue weighted by molar-refractivity contribution is 0.284. The lowest BCUT2D eigenvalue weighted by Gasteiger charge is -2.35. The minimum Gasteiger partial charge on any atom is -0.207 e. The van der Waals surface area contributed by atoms with Crippen molar-refractivity contribution in [2.45, 2.75) is 55.5 Å². The predicted octanol–water partition coefficient (Wildman–Crippen LogP) is 3.86. The number of hydrogen-bond donors (Lipinski definition) is 0. The van der Waals surface area contributed by atoms with Gasteiger partial charge in [-0.15, -0.1) is 0 Å². The predicted molar refractivity (Wildman–Crippen MR) is 85.5 cm³/mol. The number of piperidine rings is 1. The van der Waals surface area contributed by atoms with Gasteiger partial charge in [-0.05, 0) is 66.6 Å². The summed E-state index contributed by atoms with van der Waals surface area (Å²) in [7, 11) is -3.39. The van der Waals surface area contributed by atoms with Gasteiger partial charge in [-0.1, -0.05) is 23.3 Å². The van der Waals surface area contributed by atoms with Crippen LogP contribution in [0.5, 0.6) is 0 Å². The first-order valence-corrected chi connectivity index (χ1v) is 9.78. The Labute approximate surface area is 134 Å². The van der Waals surface area contributed by atoms with E-state index in [0.717, 1.165) is 25.7 Å². The van der Waals surface area contributed by atoms with Gasteiger partial charge in [0, 0.05) is 16.6 Å². The fraction of sp³-hybridized carbons (Fsp3) is 0.500. The normalized spacial score (nSPS) is 29.0. The second-order valence-electron chi connectivity index (χ2n) is 6.27. The first-order valence-electron chi connectivity index (χ1n) is 7.55. The fourth-order valence-corrected chi connectivity index (χ4v) is 6.67. The van der Waals surface area contributed by atoms with Crippen molar-refractivity contribution in [3.05, 3.63) is 39.9 Å². The van der Waals surface area contributed by atoms with Crippen LogP contribution in [0.3, 0.4) is 0 Å². The number of rotatable bonds is 2. The van der Waals surface area contributed by atoms with Gasteiger partial charge in [0.25, 0.3) is 0 Å². The van der Waals surface area contributed by atoms with Crippen LogP contribution in [0.1, 0.15) is 38.5 Å². The van der Waals surface area contributed by atoms with Gasteiger partial charge in [0.2, 0.25) is 10.0 Å². The Balaban J connectivity index is 1.71. The standard InChI is InChI=1S/C16H18BrNO2S/c17-15-3-1-2-4-16(15)21(19,20)18-13-7-8-14(18)10-12(9-13)11-5-6-11/h1-4,13-14H,5-10H2. The highest BCUT2D eigenvalue weighted by atomic mass is 79.9. The third-order valence-corrected chi connectivity index (χ3v) is 7.93. The van der Waals surface area contributed by atoms with E-state index < -0.39 is 10.0 Å². The summed E-state index contributed by atoms with van der Waals surface area (Å²) in [5, 5.41) is 0. The molecule has 2 heterocycles. The smallest absolute Gasteiger partial charge is 0.207 e. The third kappa shape index (κ3) is 2.30. The summed E-state index contributed by atoms with van der Waals surface area (Å²) in [6, 6.07) is 7.49. The maximum Gasteiger partial charge on any atom is 0.244 e. The number of fused-ring (bicyclic) bond motifs is 2. The first kappa shape index (κ1) is 14.0. The van der Waals surface area contributed by atoms with Crippen LogP contribution in [-0.4, -0.2) is 24.8 Å². The summed E-state index contributed by atoms with van der Waals surface area (Å²) < 4.78 is 28.5. The Morgan fingerprint density at radius 3 is 2.19 bits per heavy atom. The highest BCUT2D eigenvalue weighted by Gasteiger charge is 2.46. The number of halogens is 1. The summed E-state index contributed by atoms with van der Waals surface area (Å²) >= 11 is 3.39. The molecule has 3 nitrogen and oxygen atoms in total. The molecule has 0 N–H and O–H groups in total. The largest absolute Gasteiger partial charge is 0.244 e. The van der Waals surface area contributed by atoms with Crippen molar-refractivity contribution in [1.82, 2.24) is 4.31 Å². The van der Waals surface area contributed by atoms with Crippen LogP contribution in [-0.2, 0) is 10.0 Å². The van der Waals surface area contributed by atoms with Crippen molar-refractivity contribution in [3.63, 3.8) is 0 Å². The molecule has 21 heavy (non-hydrogen) atoms. The van der Waals surface area contributed by atoms with Crippen molar-refractivity contribution in [3.8, 4) is 0 Å². The van der Waals surface area contributed by atoms with E-state index in [1.807, 2.05) is 6.07 Å². The maximum atomic E-state index is 13.0. The number of nitrogens with zero attached hydrogens (tertiary/aromatic N) is 1. The Hall–Kier alpha value is -0.650. The van der Waals surface area contributed by atoms with Crippen LogP contribution >= 0.6 is 15.9 Å². The quantitative estimate of drug-likeness (QED) is 0.744. The third-order valence-electron chi connectivity index (χ3n) is 4.91. The lowest BCUT2D eigenvalue weighted by atomic mass is 9.98. The molecular weight excluding hydrogens is 350 g/mol. The van der Waals surface area contributed by atoms with Gasteiger partial charge < -0.3 is 0 Å². The van der Waals surface area contributed by atoms with Crippen LogP contribution in [0, 0.1) is 0 Å². The average Bonchev–Trinajstić information content (AvgIpc) is 3.25. The zero-order valence-electron chi connectivity index (χ0n) is 11.8. The van der Waals surface area contributed by atoms with Gasteiger partial charge in [0.1, 0.15) is 0 Å². The van der Waals surface area contributed by atoms with Crippen LogP contribution in [0.15, 0.2) is 44.8 Å². The summed E-state index contributed by atoms with van der Waals surface area (Å²) in [6.07, 6.45) is 6.40. The number of hydrogen-bond acceptors (Lipinski definition) is 2. The van der Waals surface area contributed by atoms with E-state index in [1.165, 1.54) is 12.8 Å². The highest BCUT2D eigenvalue weighted by Crippen LogP contribution is 2.46. The number of sulfonamides is 1. The Kier molecular flexibility index (Phi) is 3.28. The fourth-order valence-electron chi connectivity index (χ4n) is 3.84. The molecule has 3 fully saturated rings. The summed E-state index contributed by atoms with van der Waals surface area (Å²) in [6.45, 7) is 0. The molecule has 2 aliphatic heterocycles. The molecule has 1 aromatic rings. The zero-order chi connectivity index (χ0) is 14.6. The van der Waals surface area contributed by atoms with Gasteiger partial charge in [-0.25, -0.2) is 8.42 Å². The molecule has 5 heteroatoms. The number of benzene rings is 1. The monoisotopic (exact) mass is 367 g/mol. The van der Waals surface area contributed by atoms with Crippen LogP contribution in [0.4, 0.5) is 0 Å². The molecule has 0 aromatic heterocycles. The molecule has 4 rings (SSSR count). The van der Waals surface area contributed by atoms with E-state index in [-0.39, 0.29) is 12.1 Å². The summed E-state index contributed by atoms with van der Waals surface area (Å²) in [5.74, 6) is 0. The molecule has 1 aliphatic carbocycles. The molecular formula is C16H18BrNO2S. The Morgan fingerprint density at radius 2 is 1.62 bits per heavy atom. The van der Waals surface area contributed by atoms with Crippen molar-refractivity contribution in [2.75, 3.05) is 0 Å². The second-order valence-corrected chi connectivity index (χ2v) is 8.93. The molecule has 1 aromatic carbocycles. The minimum absolute atomic E-state index is 0.170. The van der Waals surface area contributed by atoms with Crippen LogP contribution in [0.2, 0.25) is 0 Å². The SMILES string of the molecule is O=S(=O)(c1ccccc1Br)N1C2CCC1CC(=C1CC1)C2. The van der Waals surface area contributed by atoms with Gasteiger partial charge in [-0.3, -0.25) is 0 Å². The second kappa shape index (κ2) is 4.93. The van der Waals surface area contributed by atoms with Crippen molar-refractivity contribution >= 4 is 26.0 Å². The molecule has 2 unspecified atom stereocenters. The molecule has 2 atom stereocenters. The minimum atomic E-state index is -3.39. The Morgan fingerprint density at radius 1 is 1.00 bits per heavy atom. The van der Waals surface area contributed by atoms with Gasteiger partial charge >= 0.3 is 0 Å². The molecule has 1 saturated carbocycles. The van der Waals surface area contributed by atoms with E-state index in [0.29, 0.717) is 9.37 Å². The molecule has 0 radical (unpaired) electrons. The molecule has 2 saturated heterocycles. The summed E-state index contributed by atoms with van der Waals surface area (Å²) in [4.78, 5) is 0.407. The first-order chi connectivity index (χ1) is 10.1. The van der Waals surface area contributed by atoms with Crippen LogP contribution < -0.4 is 0 Å². The lowest BCUT2D eigenvalue weighted by Crippen LogP contribution is -2.44. The summed E-state index contributed by atoms with van der Waals surface area (Å²) in [5.41, 5.74) is 3.16. The van der Waals surface area contributed by atoms with E-state index in [9.17, 15) is 8.42 Å². The molecule has 112 valence electrons.